The number of nitrogens with zero attached hydrogens (tertiary/aromatic N) is 6. The Morgan fingerprint density at radius 3 is 2.90 bits per heavy atom. The number of hydrogen-bond acceptors (Lipinski definition) is 8. The first-order valence-corrected chi connectivity index (χ1v) is 11.6. The predicted molar refractivity (Wildman–Crippen MR) is 122 cm³/mol. The molecule has 31 heavy (non-hydrogen) atoms. The SMILES string of the molecule is CN1CCC(n2cc(Nc3ncc(Br)c(NCCCN4CCCOC4=O)n3)cn2)CC1. The summed E-state index contributed by atoms with van der Waals surface area (Å²) in [7, 11) is 2.16. The summed E-state index contributed by atoms with van der Waals surface area (Å²) in [5.41, 5.74) is 0.871. The second-order valence-corrected chi connectivity index (χ2v) is 8.85. The second kappa shape index (κ2) is 10.3. The fourth-order valence-corrected chi connectivity index (χ4v) is 4.15. The van der Waals surface area contributed by atoms with E-state index in [0.717, 1.165) is 55.5 Å². The Hall–Kier alpha value is -2.40. The van der Waals surface area contributed by atoms with Gasteiger partial charge in [-0.1, -0.05) is 0 Å². The summed E-state index contributed by atoms with van der Waals surface area (Å²) in [5.74, 6) is 1.22. The Morgan fingerprint density at radius 1 is 1.26 bits per heavy atom. The molecule has 2 aromatic heterocycles. The van der Waals surface area contributed by atoms with E-state index in [4.69, 9.17) is 4.74 Å². The molecule has 2 aliphatic heterocycles. The molecule has 0 spiro atoms. The van der Waals surface area contributed by atoms with Crippen LogP contribution in [0.15, 0.2) is 23.1 Å². The Bertz CT molecular complexity index is 884. The molecule has 0 atom stereocenters. The molecule has 2 fully saturated rings. The molecule has 2 saturated heterocycles. The van der Waals surface area contributed by atoms with E-state index in [1.807, 2.05) is 17.1 Å². The van der Waals surface area contributed by atoms with E-state index in [1.54, 1.807) is 11.1 Å². The van der Waals surface area contributed by atoms with Gasteiger partial charge in [0.05, 0.1) is 29.0 Å². The van der Waals surface area contributed by atoms with Gasteiger partial charge in [0, 0.05) is 32.0 Å². The molecule has 168 valence electrons. The van der Waals surface area contributed by atoms with E-state index < -0.39 is 0 Å². The molecule has 1 amide bonds. The molecule has 0 bridgehead atoms. The van der Waals surface area contributed by atoms with E-state index in [2.05, 4.69) is 53.6 Å². The van der Waals surface area contributed by atoms with E-state index >= 15 is 0 Å². The van der Waals surface area contributed by atoms with Gasteiger partial charge in [0.15, 0.2) is 0 Å². The number of ether oxygens (including phenoxy) is 1. The van der Waals surface area contributed by atoms with Gasteiger partial charge in [-0.15, -0.1) is 0 Å². The average Bonchev–Trinajstić information content (AvgIpc) is 3.23. The maximum absolute atomic E-state index is 11.7. The lowest BCUT2D eigenvalue weighted by Gasteiger charge is -2.28. The molecule has 11 heteroatoms. The summed E-state index contributed by atoms with van der Waals surface area (Å²) < 4.78 is 7.89. The molecule has 0 aliphatic carbocycles. The van der Waals surface area contributed by atoms with Crippen molar-refractivity contribution in [3.8, 4) is 0 Å². The number of carbonyl (C=O) groups is 1. The molecule has 2 aromatic rings. The zero-order chi connectivity index (χ0) is 21.6. The zero-order valence-electron chi connectivity index (χ0n) is 17.8. The smallest absolute Gasteiger partial charge is 0.409 e. The highest BCUT2D eigenvalue weighted by Gasteiger charge is 2.20. The quantitative estimate of drug-likeness (QED) is 0.542. The summed E-state index contributed by atoms with van der Waals surface area (Å²) in [4.78, 5) is 24.7. The van der Waals surface area contributed by atoms with Gasteiger partial charge in [-0.05, 0) is 61.8 Å². The Balaban J connectivity index is 1.29. The standard InChI is InChI=1S/C20H29BrN8O2/c1-27-9-4-16(5-10-27)29-14-15(12-24-29)25-19-23-13-17(21)18(26-19)22-6-2-7-28-8-3-11-31-20(28)30/h12-14,16H,2-11H2,1H3,(H2,22,23,25,26). The minimum Gasteiger partial charge on any atom is -0.449 e. The number of hydrogen-bond donors (Lipinski definition) is 2. The fraction of sp³-hybridized carbons (Fsp3) is 0.600. The van der Waals surface area contributed by atoms with Crippen molar-refractivity contribution < 1.29 is 9.53 Å². The fourth-order valence-electron chi connectivity index (χ4n) is 3.82. The number of likely N-dealkylation sites (tertiary alicyclic amines) is 1. The topological polar surface area (TPSA) is 100 Å². The van der Waals surface area contributed by atoms with E-state index in [-0.39, 0.29) is 6.09 Å². The highest BCUT2D eigenvalue weighted by Crippen LogP contribution is 2.25. The monoisotopic (exact) mass is 492 g/mol. The Morgan fingerprint density at radius 2 is 2.10 bits per heavy atom. The van der Waals surface area contributed by atoms with Crippen LogP contribution in [0.1, 0.15) is 31.7 Å². The van der Waals surface area contributed by atoms with Crippen LogP contribution >= 0.6 is 15.9 Å². The molecular formula is C20H29BrN8O2. The molecule has 4 heterocycles. The molecule has 0 radical (unpaired) electrons. The summed E-state index contributed by atoms with van der Waals surface area (Å²) in [6.07, 6.45) is 9.24. The van der Waals surface area contributed by atoms with Crippen molar-refractivity contribution in [1.82, 2.24) is 29.5 Å². The maximum Gasteiger partial charge on any atom is 0.409 e. The lowest BCUT2D eigenvalue weighted by atomic mass is 10.1. The number of carbonyl (C=O) groups excluding carboxylic acids is 1. The largest absolute Gasteiger partial charge is 0.449 e. The van der Waals surface area contributed by atoms with Crippen LogP contribution < -0.4 is 10.6 Å². The van der Waals surface area contributed by atoms with Gasteiger partial charge in [-0.3, -0.25) is 4.68 Å². The van der Waals surface area contributed by atoms with Gasteiger partial charge < -0.3 is 25.2 Å². The van der Waals surface area contributed by atoms with Gasteiger partial charge in [0.2, 0.25) is 5.95 Å². The Kier molecular flexibility index (Phi) is 7.23. The number of amides is 1. The summed E-state index contributed by atoms with van der Waals surface area (Å²) >= 11 is 3.49. The molecule has 10 nitrogen and oxygen atoms in total. The zero-order valence-corrected chi connectivity index (χ0v) is 19.3. The molecular weight excluding hydrogens is 464 g/mol. The number of halogens is 1. The van der Waals surface area contributed by atoms with E-state index in [0.29, 0.717) is 37.5 Å². The summed E-state index contributed by atoms with van der Waals surface area (Å²) in [5, 5.41) is 11.1. The number of piperidine rings is 1. The minimum absolute atomic E-state index is 0.221. The number of cyclic esters (lactones) is 1. The van der Waals surface area contributed by atoms with Crippen LogP contribution in [0.25, 0.3) is 0 Å². The van der Waals surface area contributed by atoms with Crippen LogP contribution in [0.2, 0.25) is 0 Å². The van der Waals surface area contributed by atoms with Gasteiger partial charge in [0.1, 0.15) is 5.82 Å². The van der Waals surface area contributed by atoms with Gasteiger partial charge in [0.25, 0.3) is 0 Å². The average molecular weight is 493 g/mol. The first-order valence-electron chi connectivity index (χ1n) is 10.8. The Labute approximate surface area is 190 Å². The predicted octanol–water partition coefficient (Wildman–Crippen LogP) is 3.09. The van der Waals surface area contributed by atoms with E-state index in [1.165, 1.54) is 0 Å². The number of aromatic nitrogens is 4. The lowest BCUT2D eigenvalue weighted by Crippen LogP contribution is -2.38. The van der Waals surface area contributed by atoms with Crippen molar-refractivity contribution in [1.29, 1.82) is 0 Å². The molecule has 0 saturated carbocycles. The van der Waals surface area contributed by atoms with Crippen molar-refractivity contribution in [2.75, 3.05) is 57.0 Å². The highest BCUT2D eigenvalue weighted by molar-refractivity contribution is 9.10. The number of rotatable bonds is 8. The lowest BCUT2D eigenvalue weighted by molar-refractivity contribution is 0.0729. The van der Waals surface area contributed by atoms with Crippen molar-refractivity contribution >= 4 is 39.5 Å². The van der Waals surface area contributed by atoms with Crippen molar-refractivity contribution in [3.63, 3.8) is 0 Å². The summed E-state index contributed by atoms with van der Waals surface area (Å²) in [6.45, 7) is 4.82. The summed E-state index contributed by atoms with van der Waals surface area (Å²) in [6, 6.07) is 0.437. The normalized spacial score (nSPS) is 18.1. The van der Waals surface area contributed by atoms with Crippen molar-refractivity contribution in [3.05, 3.63) is 23.1 Å². The molecule has 2 N–H and O–H groups in total. The third-order valence-corrected chi connectivity index (χ3v) is 6.20. The van der Waals surface area contributed by atoms with Crippen LogP contribution in [0, 0.1) is 0 Å². The minimum atomic E-state index is -0.221. The molecule has 0 unspecified atom stereocenters. The molecule has 4 rings (SSSR count). The first kappa shape index (κ1) is 21.8. The van der Waals surface area contributed by atoms with Gasteiger partial charge in [-0.2, -0.15) is 10.1 Å². The van der Waals surface area contributed by atoms with Gasteiger partial charge >= 0.3 is 6.09 Å². The first-order chi connectivity index (χ1) is 15.1. The number of anilines is 3. The number of nitrogens with one attached hydrogen (secondary N) is 2. The maximum atomic E-state index is 11.7. The van der Waals surface area contributed by atoms with Crippen molar-refractivity contribution in [2.45, 2.75) is 31.7 Å². The van der Waals surface area contributed by atoms with Gasteiger partial charge in [-0.25, -0.2) is 9.78 Å². The third-order valence-electron chi connectivity index (χ3n) is 5.62. The molecule has 0 aromatic carbocycles. The van der Waals surface area contributed by atoms with Crippen LogP contribution in [0.4, 0.5) is 22.2 Å². The third kappa shape index (κ3) is 5.85. The van der Waals surface area contributed by atoms with Crippen LogP contribution in [-0.4, -0.2) is 82.0 Å². The molecule has 2 aliphatic rings. The van der Waals surface area contributed by atoms with Crippen LogP contribution in [-0.2, 0) is 4.74 Å². The highest BCUT2D eigenvalue weighted by atomic mass is 79.9. The second-order valence-electron chi connectivity index (χ2n) is 7.99. The van der Waals surface area contributed by atoms with Crippen LogP contribution in [0.3, 0.4) is 0 Å². The van der Waals surface area contributed by atoms with Crippen LogP contribution in [0.5, 0.6) is 0 Å². The van der Waals surface area contributed by atoms with Crippen molar-refractivity contribution in [2.24, 2.45) is 0 Å². The van der Waals surface area contributed by atoms with E-state index in [9.17, 15) is 4.79 Å².